The lowest BCUT2D eigenvalue weighted by Gasteiger charge is -2.35. The average Bonchev–Trinajstić information content (AvgIpc) is 3.33. The smallest absolute Gasteiger partial charge is 0.249 e. The molecule has 1 saturated heterocycles. The minimum Gasteiger partial charge on any atom is -0.337 e. The molecule has 2 heterocycles. The summed E-state index contributed by atoms with van der Waals surface area (Å²) < 4.78 is 5.54. The second kappa shape index (κ2) is 7.16. The summed E-state index contributed by atoms with van der Waals surface area (Å²) in [4.78, 5) is 19.5. The van der Waals surface area contributed by atoms with E-state index in [4.69, 9.17) is 16.1 Å². The van der Waals surface area contributed by atoms with Gasteiger partial charge in [0.15, 0.2) is 0 Å². The Morgan fingerprint density at radius 2 is 1.96 bits per heavy atom. The Bertz CT molecular complexity index is 755. The summed E-state index contributed by atoms with van der Waals surface area (Å²) in [5.74, 6) is 1.51. The van der Waals surface area contributed by atoms with Crippen LogP contribution in [0.5, 0.6) is 0 Å². The van der Waals surface area contributed by atoms with E-state index in [1.54, 1.807) is 0 Å². The largest absolute Gasteiger partial charge is 0.337 e. The summed E-state index contributed by atoms with van der Waals surface area (Å²) in [6.07, 6.45) is 7.36. The van der Waals surface area contributed by atoms with Crippen molar-refractivity contribution in [3.63, 3.8) is 0 Å². The molecular formula is C19H22ClN3O2. The fraction of sp³-hybridized carbons (Fsp3) is 0.526. The lowest BCUT2D eigenvalue weighted by molar-refractivity contribution is -0.140. The maximum Gasteiger partial charge on any atom is 0.249 e. The van der Waals surface area contributed by atoms with Gasteiger partial charge in [-0.2, -0.15) is 4.98 Å². The maximum absolute atomic E-state index is 12.9. The van der Waals surface area contributed by atoms with Crippen LogP contribution in [0.1, 0.15) is 56.9 Å². The first-order valence-electron chi connectivity index (χ1n) is 9.12. The van der Waals surface area contributed by atoms with E-state index in [2.05, 4.69) is 10.1 Å². The molecule has 1 aliphatic carbocycles. The van der Waals surface area contributed by atoms with Crippen LogP contribution in [0, 0.1) is 5.92 Å². The van der Waals surface area contributed by atoms with Crippen LogP contribution in [0.2, 0.25) is 5.02 Å². The predicted molar refractivity (Wildman–Crippen MR) is 95.0 cm³/mol. The van der Waals surface area contributed by atoms with E-state index in [0.29, 0.717) is 16.7 Å². The molecule has 0 bridgehead atoms. The Kier molecular flexibility index (Phi) is 4.75. The lowest BCUT2D eigenvalue weighted by Crippen LogP contribution is -2.41. The SMILES string of the molecule is O=C(C1CCCC1)N1CCCCC1c1nc(-c2cccc(Cl)c2)no1. The van der Waals surface area contributed by atoms with Gasteiger partial charge >= 0.3 is 0 Å². The molecule has 1 aromatic carbocycles. The van der Waals surface area contributed by atoms with Gasteiger partial charge in [0, 0.05) is 23.0 Å². The average molecular weight is 360 g/mol. The quantitative estimate of drug-likeness (QED) is 0.801. The van der Waals surface area contributed by atoms with Crippen molar-refractivity contribution in [1.82, 2.24) is 15.0 Å². The third-order valence-corrected chi connectivity index (χ3v) is 5.54. The summed E-state index contributed by atoms with van der Waals surface area (Å²) in [6.45, 7) is 0.787. The van der Waals surface area contributed by atoms with Gasteiger partial charge in [0.1, 0.15) is 6.04 Å². The second-order valence-corrected chi connectivity index (χ2v) is 7.43. The van der Waals surface area contributed by atoms with E-state index < -0.39 is 0 Å². The van der Waals surface area contributed by atoms with Crippen LogP contribution in [-0.2, 0) is 4.79 Å². The van der Waals surface area contributed by atoms with Gasteiger partial charge in [0.25, 0.3) is 0 Å². The number of likely N-dealkylation sites (tertiary alicyclic amines) is 1. The molecule has 4 rings (SSSR count). The molecule has 1 amide bonds. The highest BCUT2D eigenvalue weighted by molar-refractivity contribution is 6.30. The van der Waals surface area contributed by atoms with Crippen LogP contribution in [0.4, 0.5) is 0 Å². The Morgan fingerprint density at radius 3 is 2.76 bits per heavy atom. The number of nitrogens with zero attached hydrogens (tertiary/aromatic N) is 3. The second-order valence-electron chi connectivity index (χ2n) is 6.99. The molecule has 0 spiro atoms. The normalized spacial score (nSPS) is 21.6. The third-order valence-electron chi connectivity index (χ3n) is 5.30. The molecule has 1 atom stereocenters. The first-order chi connectivity index (χ1) is 12.2. The fourth-order valence-corrected chi connectivity index (χ4v) is 4.17. The first-order valence-corrected chi connectivity index (χ1v) is 9.50. The Balaban J connectivity index is 1.57. The van der Waals surface area contributed by atoms with Gasteiger partial charge in [-0.1, -0.05) is 41.7 Å². The molecule has 2 fully saturated rings. The molecule has 2 aromatic rings. The molecular weight excluding hydrogens is 338 g/mol. The van der Waals surface area contributed by atoms with E-state index in [-0.39, 0.29) is 17.9 Å². The van der Waals surface area contributed by atoms with Gasteiger partial charge in [-0.05, 0) is 44.2 Å². The molecule has 132 valence electrons. The molecule has 2 aliphatic rings. The van der Waals surface area contributed by atoms with Gasteiger partial charge < -0.3 is 9.42 Å². The van der Waals surface area contributed by atoms with Gasteiger partial charge in [0.2, 0.25) is 17.6 Å². The number of piperidine rings is 1. The summed E-state index contributed by atoms with van der Waals surface area (Å²) in [6, 6.07) is 7.31. The molecule has 25 heavy (non-hydrogen) atoms. The van der Waals surface area contributed by atoms with Crippen molar-refractivity contribution >= 4 is 17.5 Å². The molecule has 0 radical (unpaired) electrons. The standard InChI is InChI=1S/C19H22ClN3O2/c20-15-9-5-8-14(12-15)17-21-18(25-22-17)16-10-3-4-11-23(16)19(24)13-6-1-2-7-13/h5,8-9,12-13,16H,1-4,6-7,10-11H2. The monoisotopic (exact) mass is 359 g/mol. The molecule has 0 N–H and O–H groups in total. The highest BCUT2D eigenvalue weighted by Gasteiger charge is 2.36. The van der Waals surface area contributed by atoms with Crippen LogP contribution in [0.25, 0.3) is 11.4 Å². The summed E-state index contributed by atoms with van der Waals surface area (Å²) in [5.41, 5.74) is 0.826. The van der Waals surface area contributed by atoms with E-state index in [0.717, 1.165) is 57.1 Å². The minimum absolute atomic E-state index is 0.0951. The van der Waals surface area contributed by atoms with E-state index >= 15 is 0 Å². The third kappa shape index (κ3) is 3.43. The van der Waals surface area contributed by atoms with Gasteiger partial charge in [-0.15, -0.1) is 0 Å². The fourth-order valence-electron chi connectivity index (χ4n) is 3.97. The van der Waals surface area contributed by atoms with Gasteiger partial charge in [0.05, 0.1) is 0 Å². The number of rotatable bonds is 3. The van der Waals surface area contributed by atoms with Crippen molar-refractivity contribution in [2.75, 3.05) is 6.54 Å². The Morgan fingerprint density at radius 1 is 1.16 bits per heavy atom. The van der Waals surface area contributed by atoms with Crippen molar-refractivity contribution in [2.24, 2.45) is 5.92 Å². The van der Waals surface area contributed by atoms with Crippen LogP contribution < -0.4 is 0 Å². The number of hydrogen-bond donors (Lipinski definition) is 0. The van der Waals surface area contributed by atoms with Crippen molar-refractivity contribution in [1.29, 1.82) is 0 Å². The first kappa shape index (κ1) is 16.6. The summed E-state index contributed by atoms with van der Waals surface area (Å²) in [7, 11) is 0. The minimum atomic E-state index is -0.0951. The van der Waals surface area contributed by atoms with Crippen molar-refractivity contribution < 1.29 is 9.32 Å². The van der Waals surface area contributed by atoms with E-state index in [9.17, 15) is 4.79 Å². The van der Waals surface area contributed by atoms with Crippen LogP contribution in [0.3, 0.4) is 0 Å². The highest BCUT2D eigenvalue weighted by Crippen LogP contribution is 2.35. The van der Waals surface area contributed by atoms with Crippen LogP contribution >= 0.6 is 11.6 Å². The number of halogens is 1. The number of benzene rings is 1. The molecule has 5 nitrogen and oxygen atoms in total. The molecule has 1 aromatic heterocycles. The van der Waals surface area contributed by atoms with Gasteiger partial charge in [-0.3, -0.25) is 4.79 Å². The highest BCUT2D eigenvalue weighted by atomic mass is 35.5. The summed E-state index contributed by atoms with van der Waals surface area (Å²) in [5, 5.41) is 4.75. The van der Waals surface area contributed by atoms with Crippen molar-refractivity contribution in [2.45, 2.75) is 51.0 Å². The Labute approximate surface area is 152 Å². The predicted octanol–water partition coefficient (Wildman–Crippen LogP) is 4.63. The Hall–Kier alpha value is -1.88. The van der Waals surface area contributed by atoms with Crippen LogP contribution in [-0.4, -0.2) is 27.5 Å². The van der Waals surface area contributed by atoms with Gasteiger partial charge in [-0.25, -0.2) is 0 Å². The number of amides is 1. The van der Waals surface area contributed by atoms with E-state index in [1.165, 1.54) is 0 Å². The zero-order valence-electron chi connectivity index (χ0n) is 14.2. The molecule has 1 aliphatic heterocycles. The zero-order chi connectivity index (χ0) is 17.2. The number of carbonyl (C=O) groups excluding carboxylic acids is 1. The maximum atomic E-state index is 12.9. The summed E-state index contributed by atoms with van der Waals surface area (Å²) >= 11 is 6.05. The topological polar surface area (TPSA) is 59.2 Å². The van der Waals surface area contributed by atoms with Crippen molar-refractivity contribution in [3.8, 4) is 11.4 Å². The van der Waals surface area contributed by atoms with Crippen molar-refractivity contribution in [3.05, 3.63) is 35.2 Å². The molecule has 6 heteroatoms. The number of carbonyl (C=O) groups is 1. The molecule has 1 unspecified atom stereocenters. The van der Waals surface area contributed by atoms with E-state index in [1.807, 2.05) is 29.2 Å². The number of aromatic nitrogens is 2. The lowest BCUT2D eigenvalue weighted by atomic mass is 9.98. The van der Waals surface area contributed by atoms with Crippen LogP contribution in [0.15, 0.2) is 28.8 Å². The zero-order valence-corrected chi connectivity index (χ0v) is 14.9. The number of hydrogen-bond acceptors (Lipinski definition) is 4. The molecule has 1 saturated carbocycles.